The molecule has 0 spiro atoms. The predicted octanol–water partition coefficient (Wildman–Crippen LogP) is 2.40. The van der Waals surface area contributed by atoms with Crippen LogP contribution >= 0.6 is 0 Å². The van der Waals surface area contributed by atoms with E-state index >= 15 is 0 Å². The largest absolute Gasteiger partial charge is 0.369 e. The van der Waals surface area contributed by atoms with Crippen LogP contribution in [0.4, 0.5) is 10.6 Å². The number of carbonyl (C=O) groups excluding carboxylic acids is 1. The van der Waals surface area contributed by atoms with Crippen LogP contribution in [0.1, 0.15) is 39.5 Å². The number of carbonyl (C=O) groups is 1. The molecule has 7 nitrogen and oxygen atoms in total. The van der Waals surface area contributed by atoms with Crippen LogP contribution < -0.4 is 10.6 Å². The molecule has 2 heterocycles. The Labute approximate surface area is 124 Å². The van der Waals surface area contributed by atoms with Crippen LogP contribution in [-0.2, 0) is 0 Å². The van der Waals surface area contributed by atoms with E-state index in [4.69, 9.17) is 0 Å². The van der Waals surface area contributed by atoms with Crippen LogP contribution in [0.5, 0.6) is 0 Å². The number of rotatable bonds is 7. The summed E-state index contributed by atoms with van der Waals surface area (Å²) in [6, 6.07) is -0.265. The lowest BCUT2D eigenvalue weighted by molar-refractivity contribution is 0.240. The minimum Gasteiger partial charge on any atom is -0.369 e. The smallest absolute Gasteiger partial charge is 0.344 e. The molecule has 0 aliphatic rings. The SMILES string of the molecule is CCCCNC(=O)n1ncc2ncc(NCCCC)nc21. The maximum atomic E-state index is 12.1. The van der Waals surface area contributed by atoms with Crippen molar-refractivity contribution in [3.63, 3.8) is 0 Å². The van der Waals surface area contributed by atoms with Crippen LogP contribution in [0, 0.1) is 0 Å². The van der Waals surface area contributed by atoms with Gasteiger partial charge in [0.15, 0.2) is 5.65 Å². The van der Waals surface area contributed by atoms with E-state index < -0.39 is 0 Å². The minimum atomic E-state index is -0.265. The van der Waals surface area contributed by atoms with Crippen molar-refractivity contribution in [2.24, 2.45) is 0 Å². The molecule has 0 fully saturated rings. The van der Waals surface area contributed by atoms with Crippen molar-refractivity contribution in [3.8, 4) is 0 Å². The Morgan fingerprint density at radius 3 is 2.71 bits per heavy atom. The molecule has 114 valence electrons. The van der Waals surface area contributed by atoms with Crippen molar-refractivity contribution in [1.82, 2.24) is 25.1 Å². The first kappa shape index (κ1) is 15.2. The molecule has 0 aromatic carbocycles. The summed E-state index contributed by atoms with van der Waals surface area (Å²) < 4.78 is 1.27. The van der Waals surface area contributed by atoms with Crippen molar-refractivity contribution < 1.29 is 4.79 Å². The zero-order valence-corrected chi connectivity index (χ0v) is 12.6. The fourth-order valence-electron chi connectivity index (χ4n) is 1.88. The first-order chi connectivity index (χ1) is 10.3. The number of unbranched alkanes of at least 4 members (excludes halogenated alkanes) is 2. The van der Waals surface area contributed by atoms with Gasteiger partial charge in [0.2, 0.25) is 0 Å². The number of amides is 1. The molecule has 0 aliphatic heterocycles. The molecule has 1 amide bonds. The van der Waals surface area contributed by atoms with Crippen LogP contribution in [0.3, 0.4) is 0 Å². The molecular formula is C14H22N6O. The van der Waals surface area contributed by atoms with Gasteiger partial charge in [0.05, 0.1) is 12.4 Å². The van der Waals surface area contributed by atoms with Crippen molar-refractivity contribution in [2.75, 3.05) is 18.4 Å². The number of aromatic nitrogens is 4. The minimum absolute atomic E-state index is 0.265. The van der Waals surface area contributed by atoms with Gasteiger partial charge in [-0.15, -0.1) is 0 Å². The molecule has 0 saturated carbocycles. The lowest BCUT2D eigenvalue weighted by Crippen LogP contribution is -2.30. The predicted molar refractivity (Wildman–Crippen MR) is 82.4 cm³/mol. The van der Waals surface area contributed by atoms with Gasteiger partial charge in [-0.2, -0.15) is 9.78 Å². The Balaban J connectivity index is 2.12. The number of hydrogen-bond donors (Lipinski definition) is 2. The van der Waals surface area contributed by atoms with Gasteiger partial charge in [-0.1, -0.05) is 26.7 Å². The highest BCUT2D eigenvalue weighted by molar-refractivity contribution is 5.86. The second kappa shape index (κ2) is 7.56. The van der Waals surface area contributed by atoms with E-state index in [1.807, 2.05) is 0 Å². The second-order valence-electron chi connectivity index (χ2n) is 4.89. The van der Waals surface area contributed by atoms with Crippen molar-refractivity contribution in [1.29, 1.82) is 0 Å². The van der Waals surface area contributed by atoms with Gasteiger partial charge in [-0.3, -0.25) is 0 Å². The van der Waals surface area contributed by atoms with E-state index in [-0.39, 0.29) is 6.03 Å². The Hall–Kier alpha value is -2.18. The summed E-state index contributed by atoms with van der Waals surface area (Å²) in [4.78, 5) is 20.8. The quantitative estimate of drug-likeness (QED) is 0.765. The number of nitrogens with one attached hydrogen (secondary N) is 2. The number of fused-ring (bicyclic) bond motifs is 1. The first-order valence-corrected chi connectivity index (χ1v) is 7.49. The molecule has 0 radical (unpaired) electrons. The molecule has 2 aromatic heterocycles. The summed E-state index contributed by atoms with van der Waals surface area (Å²) in [5.74, 6) is 0.666. The van der Waals surface area contributed by atoms with Gasteiger partial charge in [-0.05, 0) is 12.8 Å². The van der Waals surface area contributed by atoms with Gasteiger partial charge in [-0.25, -0.2) is 14.8 Å². The molecule has 0 aliphatic carbocycles. The van der Waals surface area contributed by atoms with E-state index in [0.29, 0.717) is 23.5 Å². The molecule has 2 aromatic rings. The molecule has 0 unspecified atom stereocenters. The van der Waals surface area contributed by atoms with Gasteiger partial charge in [0.25, 0.3) is 0 Å². The van der Waals surface area contributed by atoms with Crippen LogP contribution in [-0.4, -0.2) is 38.9 Å². The van der Waals surface area contributed by atoms with E-state index in [1.54, 1.807) is 12.4 Å². The third-order valence-electron chi connectivity index (χ3n) is 3.11. The van der Waals surface area contributed by atoms with Crippen LogP contribution in [0.2, 0.25) is 0 Å². The summed E-state index contributed by atoms with van der Waals surface area (Å²) in [7, 11) is 0. The highest BCUT2D eigenvalue weighted by atomic mass is 16.2. The van der Waals surface area contributed by atoms with Crippen molar-refractivity contribution in [2.45, 2.75) is 39.5 Å². The Morgan fingerprint density at radius 1 is 1.19 bits per heavy atom. The highest BCUT2D eigenvalue weighted by Crippen LogP contribution is 2.11. The average molecular weight is 290 g/mol. The highest BCUT2D eigenvalue weighted by Gasteiger charge is 2.12. The molecule has 2 rings (SSSR count). The van der Waals surface area contributed by atoms with E-state index in [0.717, 1.165) is 32.2 Å². The fourth-order valence-corrected chi connectivity index (χ4v) is 1.88. The first-order valence-electron chi connectivity index (χ1n) is 7.49. The van der Waals surface area contributed by atoms with Crippen LogP contribution in [0.15, 0.2) is 12.4 Å². The van der Waals surface area contributed by atoms with Gasteiger partial charge in [0, 0.05) is 13.1 Å². The average Bonchev–Trinajstić information content (AvgIpc) is 2.91. The molecule has 0 bridgehead atoms. The number of anilines is 1. The van der Waals surface area contributed by atoms with E-state index in [1.165, 1.54) is 4.68 Å². The third-order valence-corrected chi connectivity index (χ3v) is 3.11. The van der Waals surface area contributed by atoms with Gasteiger partial charge in [0.1, 0.15) is 11.3 Å². The molecule has 0 saturated heterocycles. The monoisotopic (exact) mass is 290 g/mol. The summed E-state index contributed by atoms with van der Waals surface area (Å²) in [6.45, 7) is 5.69. The zero-order valence-electron chi connectivity index (χ0n) is 12.6. The topological polar surface area (TPSA) is 84.7 Å². The Morgan fingerprint density at radius 2 is 1.95 bits per heavy atom. The summed E-state index contributed by atoms with van der Waals surface area (Å²) in [5, 5.41) is 10.1. The van der Waals surface area contributed by atoms with E-state index in [2.05, 4.69) is 39.5 Å². The fraction of sp³-hybridized carbons (Fsp3) is 0.571. The number of nitrogens with zero attached hydrogens (tertiary/aromatic N) is 4. The molecular weight excluding hydrogens is 268 g/mol. The Kier molecular flexibility index (Phi) is 5.48. The van der Waals surface area contributed by atoms with Gasteiger partial charge >= 0.3 is 6.03 Å². The summed E-state index contributed by atoms with van der Waals surface area (Å²) >= 11 is 0. The number of hydrogen-bond acceptors (Lipinski definition) is 5. The lowest BCUT2D eigenvalue weighted by Gasteiger charge is -2.06. The maximum Gasteiger partial charge on any atom is 0.344 e. The third kappa shape index (κ3) is 3.90. The normalized spacial score (nSPS) is 10.8. The molecule has 21 heavy (non-hydrogen) atoms. The van der Waals surface area contributed by atoms with Crippen molar-refractivity contribution in [3.05, 3.63) is 12.4 Å². The Bertz CT molecular complexity index is 594. The second-order valence-corrected chi connectivity index (χ2v) is 4.89. The van der Waals surface area contributed by atoms with E-state index in [9.17, 15) is 4.79 Å². The zero-order chi connectivity index (χ0) is 15.1. The van der Waals surface area contributed by atoms with Crippen LogP contribution in [0.25, 0.3) is 11.2 Å². The summed E-state index contributed by atoms with van der Waals surface area (Å²) in [6.07, 6.45) is 7.37. The van der Waals surface area contributed by atoms with Gasteiger partial charge < -0.3 is 10.6 Å². The maximum absolute atomic E-state index is 12.1. The molecule has 2 N–H and O–H groups in total. The standard InChI is InChI=1S/C14H22N6O/c1-3-5-7-15-12-10-17-11-9-18-20(13(11)19-12)14(21)16-8-6-4-2/h9-10H,3-8H2,1-2H3,(H,15,19)(H,16,21). The summed E-state index contributed by atoms with van der Waals surface area (Å²) in [5.41, 5.74) is 1.09. The van der Waals surface area contributed by atoms with Crippen molar-refractivity contribution >= 4 is 23.0 Å². The molecule has 0 atom stereocenters. The molecule has 7 heteroatoms. The lowest BCUT2D eigenvalue weighted by atomic mass is 10.3.